The van der Waals surface area contributed by atoms with Crippen LogP contribution in [0, 0.1) is 0 Å². The van der Waals surface area contributed by atoms with Gasteiger partial charge in [0.15, 0.2) is 18.5 Å². The van der Waals surface area contributed by atoms with Crippen molar-refractivity contribution >= 4 is 35.8 Å². The first-order valence-corrected chi connectivity index (χ1v) is 30.2. The number of hydrogen-bond donors (Lipinski definition) is 1. The topological polar surface area (TPSA) is 198 Å². The lowest BCUT2D eigenvalue weighted by atomic mass is 9.98. The summed E-state index contributed by atoms with van der Waals surface area (Å²) in [5.74, 6) is -3.87. The van der Waals surface area contributed by atoms with Crippen LogP contribution in [0.1, 0.15) is 247 Å². The highest BCUT2D eigenvalue weighted by atomic mass is 16.7. The van der Waals surface area contributed by atoms with E-state index in [-0.39, 0.29) is 25.5 Å². The predicted molar refractivity (Wildman–Crippen MR) is 306 cm³/mol. The van der Waals surface area contributed by atoms with E-state index in [1.165, 1.54) is 109 Å². The van der Waals surface area contributed by atoms with Crippen LogP contribution < -0.4 is 5.32 Å². The van der Waals surface area contributed by atoms with Crippen molar-refractivity contribution in [2.24, 2.45) is 0 Å². The first-order chi connectivity index (χ1) is 37.7. The van der Waals surface area contributed by atoms with E-state index >= 15 is 0 Å². The van der Waals surface area contributed by atoms with Crippen LogP contribution in [0.4, 0.5) is 0 Å². The van der Waals surface area contributed by atoms with Gasteiger partial charge in [0.2, 0.25) is 5.91 Å². The third kappa shape index (κ3) is 35.2. The normalized spacial score (nSPS) is 18.4. The minimum atomic E-state index is -1.53. The summed E-state index contributed by atoms with van der Waals surface area (Å²) < 4.78 is 53.6. The minimum Gasteiger partial charge on any atom is -0.458 e. The molecule has 7 atom stereocenters. The van der Waals surface area contributed by atoms with Crippen LogP contribution in [-0.2, 0) is 66.6 Å². The molecule has 1 amide bonds. The lowest BCUT2D eigenvalue weighted by molar-refractivity contribution is -0.314. The number of ether oxygens (including phenoxy) is 9. The summed E-state index contributed by atoms with van der Waals surface area (Å²) in [5.41, 5.74) is -1.35. The maximum absolute atomic E-state index is 14.0. The maximum Gasteiger partial charge on any atom is 0.338 e. The molecule has 0 radical (unpaired) electrons. The number of amides is 1. The lowest BCUT2D eigenvalue weighted by Crippen LogP contribution is -2.63. The predicted octanol–water partition coefficient (Wildman–Crippen LogP) is 13.1. The number of esters is 5. The Morgan fingerprint density at radius 1 is 0.582 bits per heavy atom. The molecular weight excluding hydrogens is 1010 g/mol. The van der Waals surface area contributed by atoms with E-state index < -0.39 is 97.1 Å². The molecule has 1 aliphatic heterocycles. The van der Waals surface area contributed by atoms with Crippen molar-refractivity contribution in [3.63, 3.8) is 0 Å². The van der Waals surface area contributed by atoms with Crippen LogP contribution in [0.15, 0.2) is 42.5 Å². The highest BCUT2D eigenvalue weighted by molar-refractivity contribution is 5.89. The molecule has 1 aromatic rings. The smallest absolute Gasteiger partial charge is 0.338 e. The van der Waals surface area contributed by atoms with Crippen LogP contribution >= 0.6 is 0 Å². The summed E-state index contributed by atoms with van der Waals surface area (Å²) in [5, 5.41) is 3.10. The minimum absolute atomic E-state index is 0.217. The van der Waals surface area contributed by atoms with Crippen molar-refractivity contribution in [3.8, 4) is 0 Å². The van der Waals surface area contributed by atoms with Gasteiger partial charge in [0.25, 0.3) is 0 Å². The van der Waals surface area contributed by atoms with Gasteiger partial charge < -0.3 is 47.9 Å². The Morgan fingerprint density at radius 3 is 1.54 bits per heavy atom. The fraction of sp³-hybridized carbons (Fsp3) is 0.778. The number of unbranched alkanes of at least 4 members (excludes halogenated alkanes) is 23. The molecule has 0 saturated carbocycles. The van der Waals surface area contributed by atoms with Crippen molar-refractivity contribution in [3.05, 3.63) is 48.0 Å². The second-order valence-electron chi connectivity index (χ2n) is 23.1. The molecule has 1 saturated heterocycles. The SMILES string of the molecule is CCCCCCCCCCCCC/C=C/[C@@H](OC(=O)c1ccccc1)[C@H](CO[C@H]1O[C@H](COCC(=O)OC(C)(C)C)[C@H](OCC(=O)OC(C)(C)C)[C@H](OC(C)=O)[C@H]1OC(C)=O)NC(=O)CCCCCCCCCCCCCCC. The Labute approximate surface area is 475 Å². The van der Waals surface area contributed by atoms with Crippen molar-refractivity contribution < 1.29 is 71.4 Å². The monoisotopic (exact) mass is 1120 g/mol. The number of carbonyl (C=O) groups excluding carboxylic acids is 6. The van der Waals surface area contributed by atoms with Crippen molar-refractivity contribution in [1.82, 2.24) is 5.32 Å². The zero-order valence-corrected chi connectivity index (χ0v) is 50.4. The number of nitrogens with one attached hydrogen (secondary N) is 1. The van der Waals surface area contributed by atoms with Crippen molar-refractivity contribution in [2.45, 2.75) is 290 Å². The molecule has 1 aliphatic rings. The number of carbonyl (C=O) groups is 6. The summed E-state index contributed by atoms with van der Waals surface area (Å²) in [4.78, 5) is 79.4. The summed E-state index contributed by atoms with van der Waals surface area (Å²) in [6.07, 6.45) is 24.8. The first-order valence-electron chi connectivity index (χ1n) is 30.2. The molecule has 0 aromatic heterocycles. The molecule has 0 aliphatic carbocycles. The van der Waals surface area contributed by atoms with Crippen LogP contribution in [-0.4, -0.2) is 116 Å². The van der Waals surface area contributed by atoms with Crippen LogP contribution in [0.3, 0.4) is 0 Å². The molecular formula is C63H105NO15. The molecule has 16 heteroatoms. The van der Waals surface area contributed by atoms with Crippen LogP contribution in [0.5, 0.6) is 0 Å². The van der Waals surface area contributed by atoms with Crippen molar-refractivity contribution in [1.29, 1.82) is 0 Å². The summed E-state index contributed by atoms with van der Waals surface area (Å²) >= 11 is 0. The number of benzene rings is 1. The zero-order valence-electron chi connectivity index (χ0n) is 50.4. The fourth-order valence-electron chi connectivity index (χ4n) is 9.33. The molecule has 0 spiro atoms. The standard InChI is InChI=1S/C63H105NO15/c1-11-13-15-17-19-21-23-25-27-29-31-33-38-42-52(76-60(70)50-40-36-35-37-41-50)51(64-54(67)43-39-34-32-30-28-26-24-22-20-18-16-14-12-2)44-73-61-59(75-49(4)66)58(74-48(3)65)57(72-47-56(69)79-63(8,9)10)53(77-61)45-71-46-55(68)78-62(5,6)7/h35-38,40-42,51-53,57-59,61H,11-34,39,43-47H2,1-10H3,(H,64,67)/b42-38+/t51-,52+,53+,57-,58-,59+,61-/m0/s1. The molecule has 79 heavy (non-hydrogen) atoms. The Bertz CT molecular complexity index is 1860. The van der Waals surface area contributed by atoms with E-state index in [1.807, 2.05) is 6.08 Å². The maximum atomic E-state index is 14.0. The van der Waals surface area contributed by atoms with E-state index in [0.29, 0.717) is 18.4 Å². The second-order valence-corrected chi connectivity index (χ2v) is 23.1. The Kier molecular flexibility index (Phi) is 37.2. The van der Waals surface area contributed by atoms with E-state index in [0.717, 1.165) is 52.4 Å². The highest BCUT2D eigenvalue weighted by Gasteiger charge is 2.52. The zero-order chi connectivity index (χ0) is 58.3. The van der Waals surface area contributed by atoms with Gasteiger partial charge in [-0.15, -0.1) is 0 Å². The Hall–Kier alpha value is -4.38. The fourth-order valence-corrected chi connectivity index (χ4v) is 9.33. The van der Waals surface area contributed by atoms with Gasteiger partial charge in [-0.3, -0.25) is 14.4 Å². The average molecular weight is 1120 g/mol. The molecule has 16 nitrogen and oxygen atoms in total. The molecule has 1 heterocycles. The Balaban J connectivity index is 2.47. The van der Waals surface area contributed by atoms with Crippen molar-refractivity contribution in [2.75, 3.05) is 26.4 Å². The van der Waals surface area contributed by atoms with Crippen LogP contribution in [0.25, 0.3) is 0 Å². The quantitative estimate of drug-likeness (QED) is 0.0280. The first kappa shape index (κ1) is 70.7. The molecule has 2 rings (SSSR count). The number of rotatable bonds is 43. The van der Waals surface area contributed by atoms with Gasteiger partial charge in [0.1, 0.15) is 42.7 Å². The van der Waals surface area contributed by atoms with E-state index in [9.17, 15) is 28.8 Å². The van der Waals surface area contributed by atoms with Gasteiger partial charge >= 0.3 is 29.8 Å². The average Bonchev–Trinajstić information content (AvgIpc) is 3.39. The lowest BCUT2D eigenvalue weighted by Gasteiger charge is -2.45. The molecule has 0 unspecified atom stereocenters. The Morgan fingerprint density at radius 2 is 1.05 bits per heavy atom. The van der Waals surface area contributed by atoms with Crippen LogP contribution in [0.2, 0.25) is 0 Å². The summed E-state index contributed by atoms with van der Waals surface area (Å²) in [6, 6.07) is 7.55. The largest absolute Gasteiger partial charge is 0.458 e. The van der Waals surface area contributed by atoms with E-state index in [1.54, 1.807) is 78.0 Å². The van der Waals surface area contributed by atoms with Gasteiger partial charge in [-0.1, -0.05) is 179 Å². The van der Waals surface area contributed by atoms with Gasteiger partial charge in [-0.05, 0) is 79.0 Å². The summed E-state index contributed by atoms with van der Waals surface area (Å²) in [7, 11) is 0. The third-order valence-electron chi connectivity index (χ3n) is 13.2. The van der Waals surface area contributed by atoms with Gasteiger partial charge in [0.05, 0.1) is 24.8 Å². The third-order valence-corrected chi connectivity index (χ3v) is 13.2. The number of allylic oxidation sites excluding steroid dienone is 1. The molecule has 1 fully saturated rings. The van der Waals surface area contributed by atoms with Gasteiger partial charge in [-0.2, -0.15) is 0 Å². The van der Waals surface area contributed by atoms with E-state index in [4.69, 9.17) is 42.6 Å². The molecule has 1 N–H and O–H groups in total. The molecule has 452 valence electrons. The second kappa shape index (κ2) is 41.6. The van der Waals surface area contributed by atoms with Gasteiger partial charge in [0, 0.05) is 20.3 Å². The van der Waals surface area contributed by atoms with Gasteiger partial charge in [-0.25, -0.2) is 14.4 Å². The molecule has 0 bridgehead atoms. The highest BCUT2D eigenvalue weighted by Crippen LogP contribution is 2.31. The van der Waals surface area contributed by atoms with E-state index in [2.05, 4.69) is 19.2 Å². The summed E-state index contributed by atoms with van der Waals surface area (Å²) in [6.45, 7) is 15.2. The molecule has 1 aromatic carbocycles. The number of hydrogen-bond acceptors (Lipinski definition) is 15.